The minimum absolute atomic E-state index is 0.0117. The molecular weight excluding hydrogens is 460 g/mol. The number of nitrogens with one attached hydrogen (secondary N) is 3. The molecule has 0 radical (unpaired) electrons. The number of para-hydroxylation sites is 2. The fourth-order valence-corrected chi connectivity index (χ4v) is 5.35. The van der Waals surface area contributed by atoms with Gasteiger partial charge in [-0.25, -0.2) is 13.2 Å². The van der Waals surface area contributed by atoms with Crippen LogP contribution in [0.5, 0.6) is 5.75 Å². The summed E-state index contributed by atoms with van der Waals surface area (Å²) in [5, 5.41) is 5.44. The molecule has 1 aliphatic heterocycles. The van der Waals surface area contributed by atoms with Gasteiger partial charge >= 0.3 is 6.03 Å². The Balaban J connectivity index is 1.34. The number of rotatable bonds is 8. The molecule has 34 heavy (non-hydrogen) atoms. The van der Waals surface area contributed by atoms with Crippen LogP contribution in [0, 0.1) is 0 Å². The van der Waals surface area contributed by atoms with Crippen molar-refractivity contribution in [3.63, 3.8) is 0 Å². The highest BCUT2D eigenvalue weighted by molar-refractivity contribution is 7.92. The number of amides is 4. The van der Waals surface area contributed by atoms with Gasteiger partial charge in [-0.3, -0.25) is 19.2 Å². The molecule has 1 heterocycles. The molecule has 0 bridgehead atoms. The van der Waals surface area contributed by atoms with E-state index < -0.39 is 27.5 Å². The minimum Gasteiger partial charge on any atom is -0.495 e. The number of hydrogen-bond acceptors (Lipinski definition) is 6. The first kappa shape index (κ1) is 23.6. The number of methoxy groups -OCH3 is 1. The van der Waals surface area contributed by atoms with E-state index in [2.05, 4.69) is 15.4 Å². The smallest absolute Gasteiger partial charge is 0.325 e. The average molecular weight is 487 g/mol. The Morgan fingerprint density at radius 3 is 2.44 bits per heavy atom. The summed E-state index contributed by atoms with van der Waals surface area (Å²) >= 11 is 0. The molecule has 2 fully saturated rings. The van der Waals surface area contributed by atoms with Crippen molar-refractivity contribution in [1.82, 2.24) is 10.2 Å². The summed E-state index contributed by atoms with van der Waals surface area (Å²) in [7, 11) is -2.42. The van der Waals surface area contributed by atoms with Crippen molar-refractivity contribution in [2.24, 2.45) is 0 Å². The number of imide groups is 1. The molecule has 4 rings (SSSR count). The number of nitrogens with zero attached hydrogens (tertiary/aromatic N) is 1. The topological polar surface area (TPSA) is 134 Å². The Morgan fingerprint density at radius 1 is 1.09 bits per heavy atom. The van der Waals surface area contributed by atoms with Crippen LogP contribution in [0.4, 0.5) is 16.2 Å². The molecule has 2 aliphatic rings. The molecule has 4 amide bonds. The molecule has 11 heteroatoms. The number of hydrogen-bond donors (Lipinski definition) is 3. The number of sulfonamides is 1. The third-order valence-electron chi connectivity index (χ3n) is 6.07. The van der Waals surface area contributed by atoms with E-state index in [1.54, 1.807) is 24.3 Å². The summed E-state index contributed by atoms with van der Waals surface area (Å²) in [4.78, 5) is 38.3. The maximum atomic E-state index is 12.7. The van der Waals surface area contributed by atoms with Crippen LogP contribution in [0.15, 0.2) is 53.4 Å². The van der Waals surface area contributed by atoms with E-state index in [1.807, 2.05) is 0 Å². The highest BCUT2D eigenvalue weighted by Crippen LogP contribution is 2.35. The first-order valence-electron chi connectivity index (χ1n) is 10.9. The van der Waals surface area contributed by atoms with Crippen LogP contribution in [0.1, 0.15) is 32.1 Å². The van der Waals surface area contributed by atoms with Crippen LogP contribution in [0.25, 0.3) is 0 Å². The van der Waals surface area contributed by atoms with E-state index in [0.717, 1.165) is 17.7 Å². The van der Waals surface area contributed by atoms with Crippen molar-refractivity contribution in [2.45, 2.75) is 42.5 Å². The molecule has 2 aromatic carbocycles. The zero-order valence-electron chi connectivity index (χ0n) is 18.7. The summed E-state index contributed by atoms with van der Waals surface area (Å²) in [6.45, 7) is -0.0203. The zero-order chi connectivity index (χ0) is 24.3. The standard InChI is InChI=1S/C23H26N4O6S/c1-33-19-7-3-2-6-18(19)26-34(31,32)17-10-8-16(9-11-17)24-20(28)12-15-27-21(29)23(25-22(27)30)13-4-5-14-23/h2-3,6-11,26H,4-5,12-15H2,1H3,(H,24,28)(H,25,30). The maximum Gasteiger partial charge on any atom is 0.325 e. The van der Waals surface area contributed by atoms with Crippen LogP contribution in [-0.2, 0) is 19.6 Å². The van der Waals surface area contributed by atoms with Crippen molar-refractivity contribution in [1.29, 1.82) is 0 Å². The molecular formula is C23H26N4O6S. The molecule has 180 valence electrons. The first-order chi connectivity index (χ1) is 16.2. The van der Waals surface area contributed by atoms with E-state index in [1.165, 1.54) is 31.4 Å². The predicted molar refractivity (Wildman–Crippen MR) is 125 cm³/mol. The molecule has 3 N–H and O–H groups in total. The van der Waals surface area contributed by atoms with Crippen molar-refractivity contribution in [3.8, 4) is 5.75 Å². The lowest BCUT2D eigenvalue weighted by molar-refractivity contribution is -0.131. The van der Waals surface area contributed by atoms with E-state index in [0.29, 0.717) is 30.0 Å². The highest BCUT2D eigenvalue weighted by atomic mass is 32.2. The van der Waals surface area contributed by atoms with Gasteiger partial charge in [-0.2, -0.15) is 0 Å². The van der Waals surface area contributed by atoms with Crippen molar-refractivity contribution in [2.75, 3.05) is 23.7 Å². The van der Waals surface area contributed by atoms with Gasteiger partial charge in [0, 0.05) is 18.7 Å². The van der Waals surface area contributed by atoms with E-state index in [-0.39, 0.29) is 23.8 Å². The second-order valence-corrected chi connectivity index (χ2v) is 9.99. The summed E-state index contributed by atoms with van der Waals surface area (Å²) < 4.78 is 33.0. The summed E-state index contributed by atoms with van der Waals surface area (Å²) in [6.07, 6.45) is 2.97. The molecule has 0 aromatic heterocycles. The largest absolute Gasteiger partial charge is 0.495 e. The summed E-state index contributed by atoms with van der Waals surface area (Å²) in [5.41, 5.74) is -0.0971. The number of carbonyl (C=O) groups excluding carboxylic acids is 3. The molecule has 0 atom stereocenters. The fraction of sp³-hybridized carbons (Fsp3) is 0.348. The Labute approximate surface area is 197 Å². The molecule has 1 spiro atoms. The van der Waals surface area contributed by atoms with Crippen LogP contribution in [-0.4, -0.2) is 50.4 Å². The lowest BCUT2D eigenvalue weighted by Gasteiger charge is -2.19. The zero-order valence-corrected chi connectivity index (χ0v) is 19.5. The van der Waals surface area contributed by atoms with Gasteiger partial charge < -0.3 is 15.4 Å². The van der Waals surface area contributed by atoms with Crippen molar-refractivity contribution in [3.05, 3.63) is 48.5 Å². The third-order valence-corrected chi connectivity index (χ3v) is 7.45. The van der Waals surface area contributed by atoms with Gasteiger partial charge in [0.05, 0.1) is 17.7 Å². The molecule has 1 aliphatic carbocycles. The van der Waals surface area contributed by atoms with Crippen LogP contribution >= 0.6 is 0 Å². The van der Waals surface area contributed by atoms with Gasteiger partial charge in [-0.05, 0) is 49.2 Å². The predicted octanol–water partition coefficient (Wildman–Crippen LogP) is 2.69. The molecule has 1 saturated carbocycles. The Hall–Kier alpha value is -3.60. The normalized spacial score (nSPS) is 17.0. The molecule has 1 saturated heterocycles. The van der Waals surface area contributed by atoms with Gasteiger partial charge in [0.25, 0.3) is 15.9 Å². The molecule has 10 nitrogen and oxygen atoms in total. The Kier molecular flexibility index (Phi) is 6.47. The van der Waals surface area contributed by atoms with Gasteiger partial charge in [0.1, 0.15) is 11.3 Å². The Morgan fingerprint density at radius 2 is 1.76 bits per heavy atom. The lowest BCUT2D eigenvalue weighted by Crippen LogP contribution is -2.44. The third kappa shape index (κ3) is 4.69. The summed E-state index contributed by atoms with van der Waals surface area (Å²) in [6, 6.07) is 11.9. The van der Waals surface area contributed by atoms with E-state index in [4.69, 9.17) is 4.74 Å². The monoisotopic (exact) mass is 486 g/mol. The van der Waals surface area contributed by atoms with Gasteiger partial charge in [0.15, 0.2) is 0 Å². The second kappa shape index (κ2) is 9.34. The number of anilines is 2. The van der Waals surface area contributed by atoms with Crippen molar-refractivity contribution < 1.29 is 27.5 Å². The van der Waals surface area contributed by atoms with Crippen LogP contribution < -0.4 is 20.1 Å². The second-order valence-electron chi connectivity index (χ2n) is 8.30. The van der Waals surface area contributed by atoms with Gasteiger partial charge in [-0.1, -0.05) is 25.0 Å². The molecule has 2 aromatic rings. The van der Waals surface area contributed by atoms with Crippen molar-refractivity contribution >= 4 is 39.2 Å². The van der Waals surface area contributed by atoms with Crippen LogP contribution in [0.2, 0.25) is 0 Å². The molecule has 0 unspecified atom stereocenters. The number of carbonyl (C=O) groups is 3. The quantitative estimate of drug-likeness (QED) is 0.491. The first-order valence-corrected chi connectivity index (χ1v) is 12.4. The fourth-order valence-electron chi connectivity index (χ4n) is 4.28. The minimum atomic E-state index is -3.87. The lowest BCUT2D eigenvalue weighted by atomic mass is 9.98. The Bertz CT molecular complexity index is 1210. The SMILES string of the molecule is COc1ccccc1NS(=O)(=O)c1ccc(NC(=O)CCN2C(=O)NC3(CCCC3)C2=O)cc1. The van der Waals surface area contributed by atoms with Gasteiger partial charge in [0.2, 0.25) is 5.91 Å². The van der Waals surface area contributed by atoms with Crippen LogP contribution in [0.3, 0.4) is 0 Å². The number of benzene rings is 2. The number of ether oxygens (including phenoxy) is 1. The van der Waals surface area contributed by atoms with Gasteiger partial charge in [-0.15, -0.1) is 0 Å². The number of urea groups is 1. The average Bonchev–Trinajstić information content (AvgIpc) is 3.37. The summed E-state index contributed by atoms with van der Waals surface area (Å²) in [5.74, 6) is -0.269. The van der Waals surface area contributed by atoms with E-state index >= 15 is 0 Å². The maximum absolute atomic E-state index is 12.7. The highest BCUT2D eigenvalue weighted by Gasteiger charge is 2.52. The van der Waals surface area contributed by atoms with E-state index in [9.17, 15) is 22.8 Å².